The van der Waals surface area contributed by atoms with E-state index in [1.54, 1.807) is 6.92 Å². The molecule has 0 aromatic carbocycles. The number of anilines is 2. The highest BCUT2D eigenvalue weighted by Gasteiger charge is 2.37. The molecule has 1 aliphatic heterocycles. The number of hydrogen-bond acceptors (Lipinski definition) is 7. The van der Waals surface area contributed by atoms with Gasteiger partial charge in [-0.05, 0) is 57.8 Å². The minimum atomic E-state index is -0.986. The maximum absolute atomic E-state index is 13.8. The highest BCUT2D eigenvalue weighted by molar-refractivity contribution is 5.97. The van der Waals surface area contributed by atoms with Crippen molar-refractivity contribution >= 4 is 17.7 Å². The lowest BCUT2D eigenvalue weighted by atomic mass is 9.87. The lowest BCUT2D eigenvalue weighted by Gasteiger charge is -2.47. The molecule has 0 spiro atoms. The minimum Gasteiger partial charge on any atom is -0.393 e. The van der Waals surface area contributed by atoms with Crippen LogP contribution < -0.4 is 16.0 Å². The summed E-state index contributed by atoms with van der Waals surface area (Å²) in [5.74, 6) is 0.315. The lowest BCUT2D eigenvalue weighted by Crippen LogP contribution is -2.53. The number of rotatable bonds is 9. The van der Waals surface area contributed by atoms with Crippen molar-refractivity contribution in [3.05, 3.63) is 11.8 Å². The van der Waals surface area contributed by atoms with E-state index in [1.165, 1.54) is 25.5 Å². The van der Waals surface area contributed by atoms with Crippen LogP contribution in [0.4, 0.5) is 16.2 Å². The summed E-state index contributed by atoms with van der Waals surface area (Å²) in [6, 6.07) is 1.15. The second kappa shape index (κ2) is 11.0. The van der Waals surface area contributed by atoms with Gasteiger partial charge in [-0.1, -0.05) is 13.3 Å². The molecule has 184 valence electrons. The third kappa shape index (κ3) is 5.74. The van der Waals surface area contributed by atoms with Crippen molar-refractivity contribution in [1.82, 2.24) is 14.9 Å². The number of aliphatic hydroxyl groups excluding tert-OH is 1. The molecule has 0 bridgehead atoms. The molecule has 3 fully saturated rings. The molecule has 2 saturated carbocycles. The summed E-state index contributed by atoms with van der Waals surface area (Å²) in [5, 5.41) is 13.1. The van der Waals surface area contributed by atoms with Gasteiger partial charge < -0.3 is 26.0 Å². The number of primary amides is 1. The number of carbonyl (C=O) groups is 1. The predicted octanol–water partition coefficient (Wildman–Crippen LogP) is 2.86. The number of aromatic nitrogens is 2. The van der Waals surface area contributed by atoms with Crippen molar-refractivity contribution in [2.75, 3.05) is 29.9 Å². The van der Waals surface area contributed by atoms with Crippen LogP contribution in [0.3, 0.4) is 0 Å². The fourth-order valence-corrected chi connectivity index (χ4v) is 5.44. The van der Waals surface area contributed by atoms with E-state index in [0.717, 1.165) is 57.7 Å². The molecule has 4 rings (SSSR count). The largest absolute Gasteiger partial charge is 0.393 e. The Morgan fingerprint density at radius 1 is 1.21 bits per heavy atom. The predicted molar refractivity (Wildman–Crippen MR) is 127 cm³/mol. The van der Waals surface area contributed by atoms with E-state index < -0.39 is 12.1 Å². The number of alkyl halides is 1. The molecule has 3 aliphatic rings. The van der Waals surface area contributed by atoms with Gasteiger partial charge >= 0.3 is 0 Å². The van der Waals surface area contributed by atoms with E-state index in [9.17, 15) is 14.3 Å². The Bertz CT molecular complexity index is 791. The molecule has 9 heteroatoms. The van der Waals surface area contributed by atoms with Crippen LogP contribution in [0.5, 0.6) is 0 Å². The average Bonchev–Trinajstić information content (AvgIpc) is 2.79. The summed E-state index contributed by atoms with van der Waals surface area (Å²) in [4.78, 5) is 26.2. The Balaban J connectivity index is 1.60. The van der Waals surface area contributed by atoms with Gasteiger partial charge in [-0.2, -0.15) is 4.98 Å². The number of aliphatic hydroxyl groups is 1. The molecule has 1 saturated heterocycles. The molecule has 2 aliphatic carbocycles. The molecule has 1 atom stereocenters. The van der Waals surface area contributed by atoms with Gasteiger partial charge in [0.2, 0.25) is 5.95 Å². The van der Waals surface area contributed by atoms with Gasteiger partial charge in [-0.25, -0.2) is 9.37 Å². The van der Waals surface area contributed by atoms with Crippen LogP contribution in [0.15, 0.2) is 6.20 Å². The maximum Gasteiger partial charge on any atom is 0.254 e. The monoisotopic (exact) mass is 462 g/mol. The zero-order chi connectivity index (χ0) is 23.4. The number of halogens is 1. The van der Waals surface area contributed by atoms with Crippen LogP contribution in [0, 0.1) is 0 Å². The molecule has 0 unspecified atom stereocenters. The van der Waals surface area contributed by atoms with Crippen LogP contribution in [-0.4, -0.2) is 75.9 Å². The quantitative estimate of drug-likeness (QED) is 0.518. The summed E-state index contributed by atoms with van der Waals surface area (Å²) in [7, 11) is 0. The standard InChI is InChI=1S/C24H39FN6O2/c1-2-16(25)14-27-24-28-15-21(22(26)33)23(29-24)31(18-6-8-20(32)9-7-18)19-10-12-30(13-11-19)17-4-3-5-17/h15-20,32H,2-14H2,1H3,(H2,26,33)(H,27,28,29)/t16-,18?,20?/m0/s1. The fourth-order valence-electron chi connectivity index (χ4n) is 5.44. The summed E-state index contributed by atoms with van der Waals surface area (Å²) in [6.45, 7) is 4.01. The first kappa shape index (κ1) is 24.1. The van der Waals surface area contributed by atoms with Gasteiger partial charge in [0.1, 0.15) is 17.6 Å². The summed E-state index contributed by atoms with van der Waals surface area (Å²) >= 11 is 0. The molecule has 33 heavy (non-hydrogen) atoms. The van der Waals surface area contributed by atoms with Gasteiger partial charge in [-0.15, -0.1) is 0 Å². The lowest BCUT2D eigenvalue weighted by molar-refractivity contribution is 0.0894. The van der Waals surface area contributed by atoms with Crippen LogP contribution in [0.1, 0.15) is 81.5 Å². The van der Waals surface area contributed by atoms with Crippen molar-refractivity contribution in [2.45, 2.75) is 102 Å². The van der Waals surface area contributed by atoms with Crippen molar-refractivity contribution in [1.29, 1.82) is 0 Å². The first-order chi connectivity index (χ1) is 16.0. The Morgan fingerprint density at radius 2 is 1.88 bits per heavy atom. The third-order valence-corrected chi connectivity index (χ3v) is 7.75. The molecule has 4 N–H and O–H groups in total. The molecule has 1 aromatic heterocycles. The van der Waals surface area contributed by atoms with Crippen molar-refractivity contribution in [2.24, 2.45) is 5.73 Å². The van der Waals surface area contributed by atoms with Crippen molar-refractivity contribution in [3.8, 4) is 0 Å². The minimum absolute atomic E-state index is 0.126. The number of carbonyl (C=O) groups excluding carboxylic acids is 1. The van der Waals surface area contributed by atoms with Crippen LogP contribution >= 0.6 is 0 Å². The number of nitrogens with one attached hydrogen (secondary N) is 1. The topological polar surface area (TPSA) is 108 Å². The molecule has 1 aromatic rings. The van der Waals surface area contributed by atoms with E-state index in [-0.39, 0.29) is 24.7 Å². The molecule has 2 heterocycles. The normalized spacial score (nSPS) is 25.9. The Kier molecular flexibility index (Phi) is 8.01. The van der Waals surface area contributed by atoms with Gasteiger partial charge in [-0.3, -0.25) is 4.79 Å². The van der Waals surface area contributed by atoms with E-state index in [4.69, 9.17) is 10.7 Å². The number of likely N-dealkylation sites (tertiary alicyclic amines) is 1. The summed E-state index contributed by atoms with van der Waals surface area (Å²) in [6.07, 6.45) is 9.74. The Labute approximate surface area is 196 Å². The zero-order valence-electron chi connectivity index (χ0n) is 19.8. The molecule has 8 nitrogen and oxygen atoms in total. The highest BCUT2D eigenvalue weighted by atomic mass is 19.1. The van der Waals surface area contributed by atoms with Crippen molar-refractivity contribution in [3.63, 3.8) is 0 Å². The van der Waals surface area contributed by atoms with E-state index in [0.29, 0.717) is 23.8 Å². The molecular formula is C24H39FN6O2. The molecule has 0 radical (unpaired) electrons. The second-order valence-corrected chi connectivity index (χ2v) is 9.90. The van der Waals surface area contributed by atoms with Gasteiger partial charge in [0.25, 0.3) is 5.91 Å². The van der Waals surface area contributed by atoms with Gasteiger partial charge in [0, 0.05) is 44.0 Å². The second-order valence-electron chi connectivity index (χ2n) is 9.90. The van der Waals surface area contributed by atoms with Crippen LogP contribution in [-0.2, 0) is 0 Å². The van der Waals surface area contributed by atoms with Gasteiger partial charge in [0.05, 0.1) is 6.10 Å². The SMILES string of the molecule is CC[C@H](F)CNc1ncc(C(N)=O)c(N(C2CCC(O)CC2)C2CCN(C3CCC3)CC2)n1. The van der Waals surface area contributed by atoms with Crippen LogP contribution in [0.2, 0.25) is 0 Å². The third-order valence-electron chi connectivity index (χ3n) is 7.75. The summed E-state index contributed by atoms with van der Waals surface area (Å²) < 4.78 is 13.8. The van der Waals surface area contributed by atoms with E-state index >= 15 is 0 Å². The first-order valence-corrected chi connectivity index (χ1v) is 12.7. The average molecular weight is 463 g/mol. The number of amides is 1. The summed E-state index contributed by atoms with van der Waals surface area (Å²) in [5.41, 5.74) is 6.05. The molecule has 1 amide bonds. The number of nitrogens with two attached hydrogens (primary N) is 1. The zero-order valence-corrected chi connectivity index (χ0v) is 19.8. The number of hydrogen-bond donors (Lipinski definition) is 3. The number of nitrogens with zero attached hydrogens (tertiary/aromatic N) is 4. The van der Waals surface area contributed by atoms with E-state index in [2.05, 4.69) is 20.1 Å². The Hall–Kier alpha value is -2.00. The van der Waals surface area contributed by atoms with Gasteiger partial charge in [0.15, 0.2) is 0 Å². The first-order valence-electron chi connectivity index (χ1n) is 12.7. The maximum atomic E-state index is 13.8. The highest BCUT2D eigenvalue weighted by Crippen LogP contribution is 2.35. The fraction of sp³-hybridized carbons (Fsp3) is 0.792. The van der Waals surface area contributed by atoms with Crippen LogP contribution in [0.25, 0.3) is 0 Å². The number of piperidine rings is 1. The smallest absolute Gasteiger partial charge is 0.254 e. The Morgan fingerprint density at radius 3 is 2.45 bits per heavy atom. The van der Waals surface area contributed by atoms with Crippen molar-refractivity contribution < 1.29 is 14.3 Å². The molecular weight excluding hydrogens is 423 g/mol. The van der Waals surface area contributed by atoms with E-state index in [1.807, 2.05) is 0 Å².